The largest absolute Gasteiger partial charge is 0.465 e. The van der Waals surface area contributed by atoms with E-state index in [0.29, 0.717) is 17.9 Å². The van der Waals surface area contributed by atoms with Crippen molar-refractivity contribution < 1.29 is 18.3 Å². The Morgan fingerprint density at radius 1 is 1.03 bits per heavy atom. The molecule has 2 rings (SSSR count). The van der Waals surface area contributed by atoms with Gasteiger partial charge >= 0.3 is 5.97 Å². The van der Waals surface area contributed by atoms with E-state index in [0.717, 1.165) is 22.4 Å². The van der Waals surface area contributed by atoms with E-state index in [2.05, 4.69) is 47.7 Å². The van der Waals surface area contributed by atoms with Crippen LogP contribution in [-0.2, 0) is 15.8 Å². The number of methoxy groups -OCH3 is 1. The van der Waals surface area contributed by atoms with Crippen LogP contribution in [0.4, 0.5) is 4.39 Å². The van der Waals surface area contributed by atoms with Crippen LogP contribution in [0.25, 0.3) is 11.1 Å². The van der Waals surface area contributed by atoms with E-state index in [1.54, 1.807) is 12.1 Å². The molecule has 0 unspecified atom stereocenters. The number of halogens is 1. The molecular formula is C26H38FNO3Si. The Labute approximate surface area is 193 Å². The maximum Gasteiger partial charge on any atom is 0.340 e. The van der Waals surface area contributed by atoms with Gasteiger partial charge in [-0.25, -0.2) is 9.18 Å². The van der Waals surface area contributed by atoms with Crippen LogP contribution in [0.15, 0.2) is 24.3 Å². The summed E-state index contributed by atoms with van der Waals surface area (Å²) >= 11 is 0. The molecule has 1 aromatic heterocycles. The molecule has 0 radical (unpaired) electrons. The molecule has 32 heavy (non-hydrogen) atoms. The lowest BCUT2D eigenvalue weighted by atomic mass is 9.87. The Hall–Kier alpha value is -2.05. The number of nitrogens with zero attached hydrogens (tertiary/aromatic N) is 1. The van der Waals surface area contributed by atoms with Gasteiger partial charge in [0.2, 0.25) is 0 Å². The summed E-state index contributed by atoms with van der Waals surface area (Å²) in [7, 11) is -0.692. The lowest BCUT2D eigenvalue weighted by Crippen LogP contribution is -2.40. The lowest BCUT2D eigenvalue weighted by Gasteiger charge is -2.37. The fourth-order valence-electron chi connectivity index (χ4n) is 3.41. The number of aromatic nitrogens is 1. The zero-order valence-corrected chi connectivity index (χ0v) is 22.2. The highest BCUT2D eigenvalue weighted by atomic mass is 28.4. The Morgan fingerprint density at radius 3 is 2.00 bits per heavy atom. The first-order valence-electron chi connectivity index (χ1n) is 11.3. The van der Waals surface area contributed by atoms with Gasteiger partial charge in [0.25, 0.3) is 0 Å². The van der Waals surface area contributed by atoms with Crippen LogP contribution in [0.2, 0.25) is 18.1 Å². The number of carbonyl (C=O) groups excluding carboxylic acids is 1. The number of hydrogen-bond acceptors (Lipinski definition) is 4. The second kappa shape index (κ2) is 9.83. The molecule has 4 nitrogen and oxygen atoms in total. The molecule has 0 saturated carbocycles. The average molecular weight is 460 g/mol. The Bertz CT molecular complexity index is 961. The maximum absolute atomic E-state index is 13.8. The minimum Gasteiger partial charge on any atom is -0.465 e. The minimum absolute atomic E-state index is 0.0103. The lowest BCUT2D eigenvalue weighted by molar-refractivity contribution is 0.0599. The fourth-order valence-corrected chi connectivity index (χ4v) is 4.35. The van der Waals surface area contributed by atoms with Crippen molar-refractivity contribution in [2.75, 3.05) is 7.11 Å². The third-order valence-corrected chi connectivity index (χ3v) is 10.8. The molecular weight excluding hydrogens is 421 g/mol. The van der Waals surface area contributed by atoms with E-state index < -0.39 is 14.3 Å². The first-order valence-corrected chi connectivity index (χ1v) is 14.2. The van der Waals surface area contributed by atoms with E-state index in [-0.39, 0.29) is 22.7 Å². The van der Waals surface area contributed by atoms with Crippen molar-refractivity contribution in [2.45, 2.75) is 85.0 Å². The van der Waals surface area contributed by atoms with E-state index in [9.17, 15) is 9.18 Å². The Morgan fingerprint density at radius 2 is 1.56 bits per heavy atom. The van der Waals surface area contributed by atoms with Gasteiger partial charge in [0.1, 0.15) is 5.82 Å². The molecule has 0 N–H and O–H groups in total. The number of pyridine rings is 1. The molecule has 0 aliphatic rings. The van der Waals surface area contributed by atoms with Crippen LogP contribution in [0.5, 0.6) is 0 Å². The van der Waals surface area contributed by atoms with Crippen molar-refractivity contribution in [3.8, 4) is 11.1 Å². The van der Waals surface area contributed by atoms with Crippen LogP contribution in [-0.4, -0.2) is 26.4 Å². The molecule has 0 atom stereocenters. The van der Waals surface area contributed by atoms with E-state index in [1.807, 2.05) is 13.8 Å². The van der Waals surface area contributed by atoms with Gasteiger partial charge in [-0.3, -0.25) is 4.98 Å². The molecule has 0 aliphatic carbocycles. The first kappa shape index (κ1) is 26.2. The monoisotopic (exact) mass is 459 g/mol. The van der Waals surface area contributed by atoms with Crippen LogP contribution in [0.3, 0.4) is 0 Å². The molecule has 176 valence electrons. The zero-order chi connectivity index (χ0) is 24.4. The van der Waals surface area contributed by atoms with Gasteiger partial charge in [0.05, 0.1) is 25.0 Å². The third kappa shape index (κ3) is 5.46. The predicted molar refractivity (Wildman–Crippen MR) is 131 cm³/mol. The van der Waals surface area contributed by atoms with Crippen LogP contribution < -0.4 is 0 Å². The predicted octanol–water partition coefficient (Wildman–Crippen LogP) is 7.44. The highest BCUT2D eigenvalue weighted by Gasteiger charge is 2.38. The van der Waals surface area contributed by atoms with Gasteiger partial charge in [-0.2, -0.15) is 0 Å². The topological polar surface area (TPSA) is 48.4 Å². The van der Waals surface area contributed by atoms with Gasteiger partial charge in [-0.05, 0) is 47.7 Å². The maximum atomic E-state index is 13.8. The van der Waals surface area contributed by atoms with Crippen molar-refractivity contribution in [1.82, 2.24) is 4.98 Å². The summed E-state index contributed by atoms with van der Waals surface area (Å²) in [6, 6.07) is 6.25. The zero-order valence-electron chi connectivity index (χ0n) is 21.2. The van der Waals surface area contributed by atoms with Crippen molar-refractivity contribution in [2.24, 2.45) is 0 Å². The van der Waals surface area contributed by atoms with E-state index in [4.69, 9.17) is 14.1 Å². The summed E-state index contributed by atoms with van der Waals surface area (Å²) in [6.45, 7) is 19.6. The Kier molecular flexibility index (Phi) is 8.05. The van der Waals surface area contributed by atoms with E-state index >= 15 is 0 Å². The third-order valence-electron chi connectivity index (χ3n) is 6.36. The molecule has 2 aromatic rings. The van der Waals surface area contributed by atoms with Crippen molar-refractivity contribution in [1.29, 1.82) is 0 Å². The van der Waals surface area contributed by atoms with Gasteiger partial charge in [-0.1, -0.05) is 60.6 Å². The fraction of sp³-hybridized carbons (Fsp3) is 0.538. The van der Waals surface area contributed by atoms with Crippen LogP contribution in [0, 0.1) is 5.82 Å². The van der Waals surface area contributed by atoms with Gasteiger partial charge in [-0.15, -0.1) is 0 Å². The minimum atomic E-state index is -2.07. The molecule has 6 heteroatoms. The molecule has 0 bridgehead atoms. The van der Waals surface area contributed by atoms with Crippen molar-refractivity contribution in [3.63, 3.8) is 0 Å². The molecule has 1 heterocycles. The number of ether oxygens (including phenoxy) is 1. The van der Waals surface area contributed by atoms with E-state index in [1.165, 1.54) is 19.2 Å². The molecule has 0 saturated heterocycles. The quantitative estimate of drug-likeness (QED) is 0.319. The highest BCUT2D eigenvalue weighted by Crippen LogP contribution is 2.41. The van der Waals surface area contributed by atoms with Crippen molar-refractivity contribution >= 4 is 14.3 Å². The molecule has 0 aliphatic heterocycles. The molecule has 1 aromatic carbocycles. The van der Waals surface area contributed by atoms with Crippen LogP contribution in [0.1, 0.15) is 87.6 Å². The van der Waals surface area contributed by atoms with Gasteiger partial charge < -0.3 is 9.16 Å². The summed E-state index contributed by atoms with van der Waals surface area (Å²) in [5, 5.41) is 0.0392. The number of hydrogen-bond donors (Lipinski definition) is 0. The smallest absolute Gasteiger partial charge is 0.340 e. The second-order valence-corrected chi connectivity index (χ2v) is 15.3. The summed E-state index contributed by atoms with van der Waals surface area (Å²) in [5.41, 5.74) is 4.40. The standard InChI is InChI=1S/C26H38FNO3Si/c1-16(2)23-20(15-31-32(9,10)26(5,6)7)21(18-11-13-19(27)14-12-18)22(25(29)30-8)24(28-23)17(3)4/h11-14,16-17H,15H2,1-10H3. The number of esters is 1. The van der Waals surface area contributed by atoms with Gasteiger partial charge in [0.15, 0.2) is 8.32 Å². The average Bonchev–Trinajstić information content (AvgIpc) is 2.70. The highest BCUT2D eigenvalue weighted by molar-refractivity contribution is 6.74. The summed E-state index contributed by atoms with van der Waals surface area (Å²) in [5.74, 6) is -0.633. The number of carbonyl (C=O) groups is 1. The Balaban J connectivity index is 2.89. The molecule has 0 fully saturated rings. The molecule has 0 amide bonds. The number of rotatable bonds is 7. The summed E-state index contributed by atoms with van der Waals surface area (Å²) < 4.78 is 25.5. The van der Waals surface area contributed by atoms with Gasteiger partial charge in [0, 0.05) is 16.8 Å². The summed E-state index contributed by atoms with van der Waals surface area (Å²) in [6.07, 6.45) is 0. The first-order chi connectivity index (χ1) is 14.7. The second-order valence-electron chi connectivity index (χ2n) is 10.5. The normalized spacial score (nSPS) is 12.5. The molecule has 0 spiro atoms. The van der Waals surface area contributed by atoms with Crippen LogP contribution >= 0.6 is 0 Å². The van der Waals surface area contributed by atoms with Crippen molar-refractivity contribution in [3.05, 3.63) is 52.6 Å². The number of benzene rings is 1. The SMILES string of the molecule is COC(=O)c1c(C(C)C)nc(C(C)C)c(CO[Si](C)(C)C(C)(C)C)c1-c1ccc(F)cc1. The summed E-state index contributed by atoms with van der Waals surface area (Å²) in [4.78, 5) is 18.0.